The van der Waals surface area contributed by atoms with Gasteiger partial charge in [0.15, 0.2) is 0 Å². The molecule has 1 aromatic rings. The number of hydrogen-bond donors (Lipinski definition) is 1. The second-order valence-electron chi connectivity index (χ2n) is 5.28. The SMILES string of the molecule is CC(C)CN1CC(C(=O)Nc2ccccc2Br)C1. The Kier molecular flexibility index (Phi) is 4.40. The Hall–Kier alpha value is -0.870. The van der Waals surface area contributed by atoms with Crippen LogP contribution in [0.25, 0.3) is 0 Å². The molecular weight excluding hydrogens is 292 g/mol. The van der Waals surface area contributed by atoms with Crippen LogP contribution in [-0.2, 0) is 4.79 Å². The molecule has 1 fully saturated rings. The molecule has 1 N–H and O–H groups in total. The van der Waals surface area contributed by atoms with E-state index in [4.69, 9.17) is 0 Å². The average Bonchev–Trinajstić information content (AvgIpc) is 2.25. The van der Waals surface area contributed by atoms with Crippen LogP contribution >= 0.6 is 15.9 Å². The molecule has 1 amide bonds. The molecule has 0 radical (unpaired) electrons. The van der Waals surface area contributed by atoms with E-state index in [0.29, 0.717) is 5.92 Å². The summed E-state index contributed by atoms with van der Waals surface area (Å²) in [6, 6.07) is 7.70. The van der Waals surface area contributed by atoms with Crippen LogP contribution in [0.15, 0.2) is 28.7 Å². The third-order valence-corrected chi connectivity index (χ3v) is 3.77. The van der Waals surface area contributed by atoms with E-state index < -0.39 is 0 Å². The number of rotatable bonds is 4. The van der Waals surface area contributed by atoms with Crippen molar-refractivity contribution in [1.29, 1.82) is 0 Å². The Morgan fingerprint density at radius 1 is 1.44 bits per heavy atom. The number of anilines is 1. The van der Waals surface area contributed by atoms with Gasteiger partial charge in [-0.25, -0.2) is 0 Å². The van der Waals surface area contributed by atoms with Crippen molar-refractivity contribution < 1.29 is 4.79 Å². The van der Waals surface area contributed by atoms with Crippen molar-refractivity contribution in [3.05, 3.63) is 28.7 Å². The third kappa shape index (κ3) is 3.33. The van der Waals surface area contributed by atoms with Crippen LogP contribution in [0.3, 0.4) is 0 Å². The molecule has 1 aliphatic heterocycles. The number of benzene rings is 1. The number of amides is 1. The molecule has 98 valence electrons. The molecule has 0 unspecified atom stereocenters. The highest BCUT2D eigenvalue weighted by Gasteiger charge is 2.32. The van der Waals surface area contributed by atoms with Crippen molar-refractivity contribution in [2.75, 3.05) is 25.0 Å². The molecule has 1 aromatic carbocycles. The number of carbonyl (C=O) groups is 1. The van der Waals surface area contributed by atoms with Gasteiger partial charge in [-0.3, -0.25) is 4.79 Å². The average molecular weight is 311 g/mol. The second kappa shape index (κ2) is 5.85. The Bertz CT molecular complexity index is 428. The zero-order valence-corrected chi connectivity index (χ0v) is 12.4. The summed E-state index contributed by atoms with van der Waals surface area (Å²) in [5.74, 6) is 0.926. The second-order valence-corrected chi connectivity index (χ2v) is 6.13. The first kappa shape index (κ1) is 13.6. The molecule has 0 aliphatic carbocycles. The molecule has 1 saturated heterocycles. The summed E-state index contributed by atoms with van der Waals surface area (Å²) in [6.07, 6.45) is 0. The number of halogens is 1. The van der Waals surface area contributed by atoms with E-state index in [1.54, 1.807) is 0 Å². The first-order valence-corrected chi connectivity index (χ1v) is 7.13. The molecule has 3 nitrogen and oxygen atoms in total. The van der Waals surface area contributed by atoms with E-state index in [2.05, 4.69) is 40.0 Å². The number of nitrogens with one attached hydrogen (secondary N) is 1. The molecular formula is C14H19BrN2O. The molecule has 0 atom stereocenters. The van der Waals surface area contributed by atoms with Gasteiger partial charge in [0.25, 0.3) is 0 Å². The summed E-state index contributed by atoms with van der Waals surface area (Å²) < 4.78 is 0.928. The van der Waals surface area contributed by atoms with E-state index in [0.717, 1.165) is 29.8 Å². The normalized spacial score (nSPS) is 16.7. The minimum Gasteiger partial charge on any atom is -0.325 e. The maximum atomic E-state index is 12.0. The fraction of sp³-hybridized carbons (Fsp3) is 0.500. The van der Waals surface area contributed by atoms with Gasteiger partial charge in [-0.2, -0.15) is 0 Å². The zero-order chi connectivity index (χ0) is 13.1. The van der Waals surface area contributed by atoms with Crippen molar-refractivity contribution in [3.8, 4) is 0 Å². The van der Waals surface area contributed by atoms with Crippen LogP contribution in [-0.4, -0.2) is 30.4 Å². The van der Waals surface area contributed by atoms with Crippen LogP contribution in [0.1, 0.15) is 13.8 Å². The number of nitrogens with zero attached hydrogens (tertiary/aromatic N) is 1. The third-order valence-electron chi connectivity index (χ3n) is 3.08. The van der Waals surface area contributed by atoms with Crippen LogP contribution in [0, 0.1) is 11.8 Å². The fourth-order valence-corrected chi connectivity index (χ4v) is 2.58. The molecule has 0 spiro atoms. The van der Waals surface area contributed by atoms with Crippen molar-refractivity contribution in [2.45, 2.75) is 13.8 Å². The molecule has 0 bridgehead atoms. The van der Waals surface area contributed by atoms with Gasteiger partial charge < -0.3 is 10.2 Å². The number of likely N-dealkylation sites (tertiary alicyclic amines) is 1. The summed E-state index contributed by atoms with van der Waals surface area (Å²) in [6.45, 7) is 7.25. The van der Waals surface area contributed by atoms with Gasteiger partial charge in [0.2, 0.25) is 5.91 Å². The Balaban J connectivity index is 1.83. The number of para-hydroxylation sites is 1. The lowest BCUT2D eigenvalue weighted by Crippen LogP contribution is -2.52. The lowest BCUT2D eigenvalue weighted by Gasteiger charge is -2.39. The topological polar surface area (TPSA) is 32.3 Å². The molecule has 0 aromatic heterocycles. The Morgan fingerprint density at radius 2 is 2.11 bits per heavy atom. The number of carbonyl (C=O) groups excluding carboxylic acids is 1. The molecule has 1 aliphatic rings. The fourth-order valence-electron chi connectivity index (χ4n) is 2.20. The van der Waals surface area contributed by atoms with Crippen LogP contribution in [0.2, 0.25) is 0 Å². The van der Waals surface area contributed by atoms with E-state index in [1.165, 1.54) is 0 Å². The van der Waals surface area contributed by atoms with Gasteiger partial charge in [0.05, 0.1) is 11.6 Å². The van der Waals surface area contributed by atoms with Gasteiger partial charge in [-0.15, -0.1) is 0 Å². The van der Waals surface area contributed by atoms with Gasteiger partial charge >= 0.3 is 0 Å². The standard InChI is InChI=1S/C14H19BrN2O/c1-10(2)7-17-8-11(9-17)14(18)16-13-6-4-3-5-12(13)15/h3-6,10-11H,7-9H2,1-2H3,(H,16,18). The van der Waals surface area contributed by atoms with Crippen molar-refractivity contribution >= 4 is 27.5 Å². The quantitative estimate of drug-likeness (QED) is 0.927. The predicted octanol–water partition coefficient (Wildman–Crippen LogP) is 2.98. The van der Waals surface area contributed by atoms with Gasteiger partial charge in [0, 0.05) is 24.1 Å². The zero-order valence-electron chi connectivity index (χ0n) is 10.8. The summed E-state index contributed by atoms with van der Waals surface area (Å²) in [4.78, 5) is 14.3. The summed E-state index contributed by atoms with van der Waals surface area (Å²) in [7, 11) is 0. The molecule has 1 heterocycles. The molecule has 0 saturated carbocycles. The first-order chi connectivity index (χ1) is 8.56. The van der Waals surface area contributed by atoms with E-state index in [9.17, 15) is 4.79 Å². The highest BCUT2D eigenvalue weighted by molar-refractivity contribution is 9.10. The van der Waals surface area contributed by atoms with Gasteiger partial charge in [0.1, 0.15) is 0 Å². The minimum atomic E-state index is 0.127. The summed E-state index contributed by atoms with van der Waals surface area (Å²) in [5.41, 5.74) is 0.852. The van der Waals surface area contributed by atoms with Crippen molar-refractivity contribution in [3.63, 3.8) is 0 Å². The van der Waals surface area contributed by atoms with Crippen molar-refractivity contribution in [2.24, 2.45) is 11.8 Å². The molecule has 4 heteroatoms. The highest BCUT2D eigenvalue weighted by Crippen LogP contribution is 2.24. The van der Waals surface area contributed by atoms with Crippen LogP contribution < -0.4 is 5.32 Å². The van der Waals surface area contributed by atoms with Crippen LogP contribution in [0.5, 0.6) is 0 Å². The lowest BCUT2D eigenvalue weighted by atomic mass is 9.97. The highest BCUT2D eigenvalue weighted by atomic mass is 79.9. The van der Waals surface area contributed by atoms with E-state index in [1.807, 2.05) is 24.3 Å². The minimum absolute atomic E-state index is 0.127. The molecule has 2 rings (SSSR count). The van der Waals surface area contributed by atoms with Crippen LogP contribution in [0.4, 0.5) is 5.69 Å². The lowest BCUT2D eigenvalue weighted by molar-refractivity contribution is -0.125. The largest absolute Gasteiger partial charge is 0.325 e. The summed E-state index contributed by atoms with van der Waals surface area (Å²) >= 11 is 3.43. The maximum Gasteiger partial charge on any atom is 0.230 e. The number of hydrogen-bond acceptors (Lipinski definition) is 2. The molecule has 18 heavy (non-hydrogen) atoms. The van der Waals surface area contributed by atoms with E-state index in [-0.39, 0.29) is 11.8 Å². The monoisotopic (exact) mass is 310 g/mol. The smallest absolute Gasteiger partial charge is 0.230 e. The Labute approximate surface area is 117 Å². The maximum absolute atomic E-state index is 12.0. The predicted molar refractivity (Wildman–Crippen MR) is 77.5 cm³/mol. The van der Waals surface area contributed by atoms with Crippen molar-refractivity contribution in [1.82, 2.24) is 4.90 Å². The Morgan fingerprint density at radius 3 is 2.72 bits per heavy atom. The van der Waals surface area contributed by atoms with E-state index >= 15 is 0 Å². The van der Waals surface area contributed by atoms with Gasteiger partial charge in [-0.05, 0) is 34.0 Å². The van der Waals surface area contributed by atoms with Gasteiger partial charge in [-0.1, -0.05) is 26.0 Å². The first-order valence-electron chi connectivity index (χ1n) is 6.34. The summed E-state index contributed by atoms with van der Waals surface area (Å²) in [5, 5.41) is 2.97.